The van der Waals surface area contributed by atoms with Gasteiger partial charge in [0.05, 0.1) is 0 Å². The zero-order chi connectivity index (χ0) is 18.0. The number of halogens is 1. The number of rotatable bonds is 6. The van der Waals surface area contributed by atoms with Crippen LogP contribution in [0.2, 0.25) is 0 Å². The summed E-state index contributed by atoms with van der Waals surface area (Å²) in [5.74, 6) is 0.943. The first-order valence-corrected chi connectivity index (χ1v) is 9.99. The Kier molecular flexibility index (Phi) is 6.23. The number of aliphatic hydroxyl groups is 1. The van der Waals surface area contributed by atoms with Crippen molar-refractivity contribution < 1.29 is 5.11 Å². The summed E-state index contributed by atoms with van der Waals surface area (Å²) in [5, 5.41) is 11.8. The molecule has 1 unspecified atom stereocenters. The highest BCUT2D eigenvalue weighted by Gasteiger charge is 2.48. The molecule has 4 heteroatoms. The van der Waals surface area contributed by atoms with E-state index in [1.54, 1.807) is 0 Å². The lowest BCUT2D eigenvalue weighted by Gasteiger charge is -2.37. The zero-order valence-electron chi connectivity index (χ0n) is 16.0. The maximum absolute atomic E-state index is 11.8. The summed E-state index contributed by atoms with van der Waals surface area (Å²) in [5.41, 5.74) is 3.22. The van der Waals surface area contributed by atoms with Gasteiger partial charge in [0.1, 0.15) is 5.84 Å². The fourth-order valence-corrected chi connectivity index (χ4v) is 4.25. The van der Waals surface area contributed by atoms with Gasteiger partial charge in [-0.25, -0.2) is 0 Å². The molecule has 0 aromatic heterocycles. The van der Waals surface area contributed by atoms with Gasteiger partial charge in [-0.2, -0.15) is 0 Å². The first-order valence-electron chi connectivity index (χ1n) is 9.99. The van der Waals surface area contributed by atoms with Gasteiger partial charge >= 0.3 is 0 Å². The van der Waals surface area contributed by atoms with Crippen LogP contribution in [0.1, 0.15) is 61.3 Å². The van der Waals surface area contributed by atoms with Crippen LogP contribution >= 0.6 is 12.4 Å². The molecule has 0 fully saturated rings. The second kappa shape index (κ2) is 8.45. The molecule has 0 bridgehead atoms. The van der Waals surface area contributed by atoms with E-state index < -0.39 is 5.72 Å². The summed E-state index contributed by atoms with van der Waals surface area (Å²) in [6.07, 6.45) is 7.21. The lowest BCUT2D eigenvalue weighted by molar-refractivity contribution is -0.0317. The molecule has 0 saturated heterocycles. The van der Waals surface area contributed by atoms with Gasteiger partial charge in [-0.3, -0.25) is 4.99 Å². The van der Waals surface area contributed by atoms with E-state index in [0.29, 0.717) is 0 Å². The minimum atomic E-state index is -1.10. The quantitative estimate of drug-likeness (QED) is 0.719. The number of benzene rings is 2. The second-order valence-corrected chi connectivity index (χ2v) is 7.44. The first kappa shape index (κ1) is 19.9. The smallest absolute Gasteiger partial charge is 0.193 e. The number of fused-ring (bicyclic) bond motifs is 3. The van der Waals surface area contributed by atoms with Gasteiger partial charge in [0, 0.05) is 29.8 Å². The van der Waals surface area contributed by atoms with Crippen molar-refractivity contribution in [3.63, 3.8) is 0 Å². The summed E-state index contributed by atoms with van der Waals surface area (Å²) in [6, 6.07) is 16.7. The van der Waals surface area contributed by atoms with Crippen molar-refractivity contribution in [3.8, 4) is 0 Å². The average molecular weight is 385 g/mol. The Labute approximate surface area is 168 Å². The molecule has 0 saturated carbocycles. The molecule has 2 aromatic rings. The number of amidine groups is 1. The highest BCUT2D eigenvalue weighted by atomic mass is 35.5. The average Bonchev–Trinajstić information content (AvgIpc) is 2.96. The van der Waals surface area contributed by atoms with Crippen molar-refractivity contribution in [1.29, 1.82) is 0 Å². The number of aliphatic imine (C=N–C) groups is 1. The topological polar surface area (TPSA) is 35.8 Å². The molecule has 1 N–H and O–H groups in total. The minimum absolute atomic E-state index is 0. The molecule has 144 valence electrons. The molecule has 4 rings (SSSR count). The van der Waals surface area contributed by atoms with Crippen molar-refractivity contribution >= 4 is 18.2 Å². The zero-order valence-corrected chi connectivity index (χ0v) is 16.8. The Morgan fingerprint density at radius 1 is 1.04 bits per heavy atom. The third-order valence-corrected chi connectivity index (χ3v) is 5.67. The fourth-order valence-electron chi connectivity index (χ4n) is 4.25. The van der Waals surface area contributed by atoms with Crippen LogP contribution in [-0.2, 0) is 12.1 Å². The molecule has 3 nitrogen and oxygen atoms in total. The van der Waals surface area contributed by atoms with Crippen molar-refractivity contribution in [2.24, 2.45) is 4.99 Å². The predicted molar refractivity (Wildman–Crippen MR) is 114 cm³/mol. The van der Waals surface area contributed by atoms with Gasteiger partial charge in [-0.05, 0) is 24.8 Å². The normalized spacial score (nSPS) is 20.5. The molecule has 0 amide bonds. The van der Waals surface area contributed by atoms with Crippen LogP contribution in [0.25, 0.3) is 0 Å². The van der Waals surface area contributed by atoms with Gasteiger partial charge in [0.15, 0.2) is 5.72 Å². The minimum Gasteiger partial charge on any atom is -0.363 e. The summed E-state index contributed by atoms with van der Waals surface area (Å²) in [6.45, 7) is 3.92. The van der Waals surface area contributed by atoms with E-state index in [9.17, 15) is 5.11 Å². The molecule has 2 aliphatic heterocycles. The molecule has 2 aromatic carbocycles. The van der Waals surface area contributed by atoms with Crippen molar-refractivity contribution in [1.82, 2.24) is 4.90 Å². The van der Waals surface area contributed by atoms with Gasteiger partial charge in [0.25, 0.3) is 0 Å². The number of unbranched alkanes of at least 4 members (excludes halogenated alkanes) is 3. The highest BCUT2D eigenvalue weighted by molar-refractivity contribution is 6.04. The van der Waals surface area contributed by atoms with Gasteiger partial charge < -0.3 is 10.0 Å². The monoisotopic (exact) mass is 384 g/mol. The van der Waals surface area contributed by atoms with Gasteiger partial charge in [-0.15, -0.1) is 12.4 Å². The molecule has 27 heavy (non-hydrogen) atoms. The summed E-state index contributed by atoms with van der Waals surface area (Å²) >= 11 is 0. The lowest BCUT2D eigenvalue weighted by Crippen LogP contribution is -2.47. The van der Waals surface area contributed by atoms with E-state index in [-0.39, 0.29) is 12.4 Å². The summed E-state index contributed by atoms with van der Waals surface area (Å²) < 4.78 is 0. The Bertz CT molecular complexity index is 802. The number of hydrogen-bond donors (Lipinski definition) is 1. The Balaban J connectivity index is 0.00000210. The highest BCUT2D eigenvalue weighted by Crippen LogP contribution is 2.43. The largest absolute Gasteiger partial charge is 0.363 e. The second-order valence-electron chi connectivity index (χ2n) is 7.44. The SMILES string of the molecule is CCCCCCc1ccc(C2(O)c3ccccc3C3=NCCCN32)cc1.Cl. The van der Waals surface area contributed by atoms with Crippen molar-refractivity contribution in [3.05, 3.63) is 70.8 Å². The van der Waals surface area contributed by atoms with E-state index in [4.69, 9.17) is 4.99 Å². The fraction of sp³-hybridized carbons (Fsp3) is 0.435. The number of nitrogens with zero attached hydrogens (tertiary/aromatic N) is 2. The Morgan fingerprint density at radius 3 is 2.59 bits per heavy atom. The van der Waals surface area contributed by atoms with Gasteiger partial charge in [0.2, 0.25) is 0 Å². The van der Waals surface area contributed by atoms with Crippen LogP contribution < -0.4 is 0 Å². The lowest BCUT2D eigenvalue weighted by atomic mass is 9.92. The van der Waals surface area contributed by atoms with Crippen LogP contribution in [0, 0.1) is 0 Å². The molecule has 0 spiro atoms. The van der Waals surface area contributed by atoms with E-state index >= 15 is 0 Å². The predicted octanol–water partition coefficient (Wildman–Crippen LogP) is 4.89. The van der Waals surface area contributed by atoms with Crippen molar-refractivity contribution in [2.45, 2.75) is 51.2 Å². The molecule has 0 radical (unpaired) electrons. The van der Waals surface area contributed by atoms with Crippen molar-refractivity contribution in [2.75, 3.05) is 13.1 Å². The van der Waals surface area contributed by atoms with Crippen LogP contribution in [0.3, 0.4) is 0 Å². The summed E-state index contributed by atoms with van der Waals surface area (Å²) in [4.78, 5) is 6.79. The Hall–Kier alpha value is -1.84. The number of hydrogen-bond acceptors (Lipinski definition) is 3. The Morgan fingerprint density at radius 2 is 1.81 bits per heavy atom. The van der Waals surface area contributed by atoms with Crippen LogP contribution in [0.4, 0.5) is 0 Å². The van der Waals surface area contributed by atoms with E-state index in [2.05, 4.69) is 42.2 Å². The molecular formula is C23H29ClN2O. The van der Waals surface area contributed by atoms with Crippen LogP contribution in [-0.4, -0.2) is 28.9 Å². The van der Waals surface area contributed by atoms with Crippen LogP contribution in [0.5, 0.6) is 0 Å². The molecule has 1 atom stereocenters. The third kappa shape index (κ3) is 3.51. The maximum atomic E-state index is 11.8. The molecular weight excluding hydrogens is 356 g/mol. The molecule has 2 aliphatic rings. The van der Waals surface area contributed by atoms with Crippen LogP contribution in [0.15, 0.2) is 53.5 Å². The maximum Gasteiger partial charge on any atom is 0.193 e. The molecule has 2 heterocycles. The molecule has 0 aliphatic carbocycles. The first-order chi connectivity index (χ1) is 12.7. The summed E-state index contributed by atoms with van der Waals surface area (Å²) in [7, 11) is 0. The standard InChI is InChI=1S/C23H28N2O.ClH/c1-2-3-4-5-9-18-12-14-19(15-13-18)23(26)21-11-7-6-10-20(21)22-24-16-8-17-25(22)23;/h6-7,10-15,26H,2-5,8-9,16-17H2,1H3;1H. The van der Waals surface area contributed by atoms with E-state index in [1.165, 1.54) is 31.2 Å². The van der Waals surface area contributed by atoms with Gasteiger partial charge in [-0.1, -0.05) is 74.7 Å². The van der Waals surface area contributed by atoms with E-state index in [1.807, 2.05) is 18.2 Å². The van der Waals surface area contributed by atoms with E-state index in [0.717, 1.165) is 48.5 Å². The third-order valence-electron chi connectivity index (χ3n) is 5.67. The number of aryl methyl sites for hydroxylation is 1.